The summed E-state index contributed by atoms with van der Waals surface area (Å²) in [6.07, 6.45) is 2.00. The summed E-state index contributed by atoms with van der Waals surface area (Å²) < 4.78 is 0. The Hall–Kier alpha value is -2.09. The van der Waals surface area contributed by atoms with Gasteiger partial charge >= 0.3 is 0 Å². The fraction of sp³-hybridized carbons (Fsp3) is 0.188. The van der Waals surface area contributed by atoms with E-state index in [4.69, 9.17) is 5.73 Å². The molecular formula is C16H15NO. The van der Waals surface area contributed by atoms with Gasteiger partial charge in [0.2, 0.25) is 5.91 Å². The van der Waals surface area contributed by atoms with E-state index in [-0.39, 0.29) is 5.91 Å². The minimum Gasteiger partial charge on any atom is -0.366 e. The van der Waals surface area contributed by atoms with Gasteiger partial charge in [-0.05, 0) is 41.5 Å². The fourth-order valence-corrected chi connectivity index (χ4v) is 2.86. The van der Waals surface area contributed by atoms with E-state index in [0.717, 1.165) is 18.4 Å². The summed E-state index contributed by atoms with van der Waals surface area (Å²) in [5.74, 6) is 0.0488. The predicted molar refractivity (Wildman–Crippen MR) is 71.6 cm³/mol. The van der Waals surface area contributed by atoms with Crippen molar-refractivity contribution in [3.63, 3.8) is 0 Å². The number of amides is 1. The van der Waals surface area contributed by atoms with Gasteiger partial charge < -0.3 is 5.73 Å². The van der Waals surface area contributed by atoms with E-state index in [0.29, 0.717) is 11.5 Å². The third-order valence-corrected chi connectivity index (χ3v) is 3.72. The van der Waals surface area contributed by atoms with Gasteiger partial charge in [0.25, 0.3) is 0 Å². The lowest BCUT2D eigenvalue weighted by atomic mass is 9.91. The Morgan fingerprint density at radius 2 is 1.50 bits per heavy atom. The standard InChI is InChI=1S/C16H15NO/c17-16(18)15-8-4-3-7-14(15)13-9-11-5-1-2-6-12(11)10-13/h1-8,13H,9-10H2,(H2,17,18). The summed E-state index contributed by atoms with van der Waals surface area (Å²) in [6.45, 7) is 0. The van der Waals surface area contributed by atoms with Crippen molar-refractivity contribution < 1.29 is 4.79 Å². The van der Waals surface area contributed by atoms with Crippen LogP contribution in [0.1, 0.15) is 33.0 Å². The van der Waals surface area contributed by atoms with E-state index in [1.54, 1.807) is 0 Å². The highest BCUT2D eigenvalue weighted by Crippen LogP contribution is 2.35. The largest absolute Gasteiger partial charge is 0.366 e. The van der Waals surface area contributed by atoms with E-state index in [2.05, 4.69) is 24.3 Å². The van der Waals surface area contributed by atoms with Crippen LogP contribution in [0.15, 0.2) is 48.5 Å². The van der Waals surface area contributed by atoms with Crippen molar-refractivity contribution in [1.82, 2.24) is 0 Å². The van der Waals surface area contributed by atoms with Crippen LogP contribution in [0.3, 0.4) is 0 Å². The maximum absolute atomic E-state index is 11.5. The van der Waals surface area contributed by atoms with Crippen molar-refractivity contribution in [1.29, 1.82) is 0 Å². The maximum Gasteiger partial charge on any atom is 0.248 e. The zero-order valence-electron chi connectivity index (χ0n) is 10.1. The van der Waals surface area contributed by atoms with Gasteiger partial charge in [-0.15, -0.1) is 0 Å². The molecule has 0 radical (unpaired) electrons. The topological polar surface area (TPSA) is 43.1 Å². The number of carbonyl (C=O) groups is 1. The van der Waals surface area contributed by atoms with Crippen LogP contribution in [0, 0.1) is 0 Å². The summed E-state index contributed by atoms with van der Waals surface area (Å²) in [7, 11) is 0. The lowest BCUT2D eigenvalue weighted by molar-refractivity contribution is 0.0999. The van der Waals surface area contributed by atoms with Crippen LogP contribution in [0.25, 0.3) is 0 Å². The van der Waals surface area contributed by atoms with E-state index >= 15 is 0 Å². The predicted octanol–water partition coefficient (Wildman–Crippen LogP) is 2.67. The number of carbonyl (C=O) groups excluding carboxylic acids is 1. The first-order chi connectivity index (χ1) is 8.75. The minimum atomic E-state index is -0.332. The molecule has 0 atom stereocenters. The summed E-state index contributed by atoms with van der Waals surface area (Å²) in [4.78, 5) is 11.5. The lowest BCUT2D eigenvalue weighted by Crippen LogP contribution is -2.15. The molecule has 2 aromatic carbocycles. The smallest absolute Gasteiger partial charge is 0.248 e. The van der Waals surface area contributed by atoms with Crippen molar-refractivity contribution in [3.05, 3.63) is 70.8 Å². The molecule has 0 heterocycles. The van der Waals surface area contributed by atoms with Gasteiger partial charge in [-0.2, -0.15) is 0 Å². The van der Waals surface area contributed by atoms with Crippen LogP contribution in [0.5, 0.6) is 0 Å². The highest BCUT2D eigenvalue weighted by atomic mass is 16.1. The molecule has 2 aromatic rings. The molecule has 0 aromatic heterocycles. The van der Waals surface area contributed by atoms with Crippen LogP contribution in [-0.2, 0) is 12.8 Å². The molecule has 1 aliphatic carbocycles. The van der Waals surface area contributed by atoms with Crippen molar-refractivity contribution in [2.45, 2.75) is 18.8 Å². The molecule has 18 heavy (non-hydrogen) atoms. The van der Waals surface area contributed by atoms with Crippen molar-refractivity contribution in [2.75, 3.05) is 0 Å². The molecule has 0 aliphatic heterocycles. The molecule has 0 spiro atoms. The van der Waals surface area contributed by atoms with Gasteiger partial charge in [0.15, 0.2) is 0 Å². The molecule has 0 unspecified atom stereocenters. The second-order valence-corrected chi connectivity index (χ2v) is 4.83. The van der Waals surface area contributed by atoms with Gasteiger partial charge in [-0.25, -0.2) is 0 Å². The van der Waals surface area contributed by atoms with Crippen LogP contribution in [0.4, 0.5) is 0 Å². The number of nitrogens with two attached hydrogens (primary N) is 1. The first-order valence-electron chi connectivity index (χ1n) is 6.21. The van der Waals surface area contributed by atoms with E-state index in [1.165, 1.54) is 11.1 Å². The number of hydrogen-bond acceptors (Lipinski definition) is 1. The Balaban J connectivity index is 1.98. The Labute approximate surface area is 106 Å². The normalized spacial score (nSPS) is 14.4. The number of fused-ring (bicyclic) bond motifs is 1. The van der Waals surface area contributed by atoms with Crippen LogP contribution >= 0.6 is 0 Å². The second kappa shape index (κ2) is 4.30. The molecule has 2 nitrogen and oxygen atoms in total. The quantitative estimate of drug-likeness (QED) is 0.857. The second-order valence-electron chi connectivity index (χ2n) is 4.83. The maximum atomic E-state index is 11.5. The molecular weight excluding hydrogens is 222 g/mol. The van der Waals surface area contributed by atoms with Gasteiger partial charge in [-0.3, -0.25) is 4.79 Å². The molecule has 2 heteroatoms. The molecule has 0 fully saturated rings. The molecule has 3 rings (SSSR count). The Kier molecular flexibility index (Phi) is 2.63. The SMILES string of the molecule is NC(=O)c1ccccc1C1Cc2ccccc2C1. The average molecular weight is 237 g/mol. The summed E-state index contributed by atoms with van der Waals surface area (Å²) >= 11 is 0. The van der Waals surface area contributed by atoms with Crippen LogP contribution in [-0.4, -0.2) is 5.91 Å². The Morgan fingerprint density at radius 3 is 2.11 bits per heavy atom. The lowest BCUT2D eigenvalue weighted by Gasteiger charge is -2.13. The van der Waals surface area contributed by atoms with Gasteiger partial charge in [0.1, 0.15) is 0 Å². The van der Waals surface area contributed by atoms with Gasteiger partial charge in [-0.1, -0.05) is 42.5 Å². The van der Waals surface area contributed by atoms with Crippen LogP contribution in [0.2, 0.25) is 0 Å². The summed E-state index contributed by atoms with van der Waals surface area (Å²) in [5.41, 5.74) is 9.98. The zero-order valence-corrected chi connectivity index (χ0v) is 10.1. The summed E-state index contributed by atoms with van der Waals surface area (Å²) in [5, 5.41) is 0. The van der Waals surface area contributed by atoms with Crippen molar-refractivity contribution in [2.24, 2.45) is 5.73 Å². The molecule has 0 saturated carbocycles. The first-order valence-corrected chi connectivity index (χ1v) is 6.21. The van der Waals surface area contributed by atoms with E-state index < -0.39 is 0 Å². The third-order valence-electron chi connectivity index (χ3n) is 3.72. The highest BCUT2D eigenvalue weighted by Gasteiger charge is 2.25. The highest BCUT2D eigenvalue weighted by molar-refractivity contribution is 5.94. The van der Waals surface area contributed by atoms with E-state index in [9.17, 15) is 4.79 Å². The number of benzene rings is 2. The molecule has 0 saturated heterocycles. The Morgan fingerprint density at radius 1 is 0.944 bits per heavy atom. The van der Waals surface area contributed by atoms with Gasteiger partial charge in [0.05, 0.1) is 0 Å². The summed E-state index contributed by atoms with van der Waals surface area (Å²) in [6, 6.07) is 16.2. The molecule has 1 amide bonds. The van der Waals surface area contributed by atoms with Gasteiger partial charge in [0, 0.05) is 5.56 Å². The molecule has 90 valence electrons. The zero-order chi connectivity index (χ0) is 12.5. The number of rotatable bonds is 2. The van der Waals surface area contributed by atoms with Crippen LogP contribution < -0.4 is 5.73 Å². The number of hydrogen-bond donors (Lipinski definition) is 1. The minimum absolute atomic E-state index is 0.332. The van der Waals surface area contributed by atoms with E-state index in [1.807, 2.05) is 24.3 Å². The first kappa shape index (κ1) is 11.0. The van der Waals surface area contributed by atoms with Crippen molar-refractivity contribution in [3.8, 4) is 0 Å². The third kappa shape index (κ3) is 1.80. The number of primary amides is 1. The van der Waals surface area contributed by atoms with Crippen molar-refractivity contribution >= 4 is 5.91 Å². The molecule has 2 N–H and O–H groups in total. The monoisotopic (exact) mass is 237 g/mol. The Bertz CT molecular complexity index is 579. The molecule has 1 aliphatic rings. The molecule has 0 bridgehead atoms. The average Bonchev–Trinajstić information content (AvgIpc) is 2.82. The fourth-order valence-electron chi connectivity index (χ4n) is 2.86.